The predicted molar refractivity (Wildman–Crippen MR) is 97.5 cm³/mol. The summed E-state index contributed by atoms with van der Waals surface area (Å²) in [5.74, 6) is 1.04. The highest BCUT2D eigenvalue weighted by Crippen LogP contribution is 2.35. The van der Waals surface area contributed by atoms with Crippen molar-refractivity contribution in [2.45, 2.75) is 13.3 Å². The van der Waals surface area contributed by atoms with Crippen molar-refractivity contribution in [3.05, 3.63) is 47.5 Å². The van der Waals surface area contributed by atoms with Gasteiger partial charge in [-0.25, -0.2) is 8.42 Å². The van der Waals surface area contributed by atoms with Crippen LogP contribution in [0.2, 0.25) is 0 Å². The van der Waals surface area contributed by atoms with Crippen molar-refractivity contribution in [1.29, 1.82) is 0 Å². The van der Waals surface area contributed by atoms with Crippen molar-refractivity contribution in [3.8, 4) is 11.5 Å². The molecule has 2 aromatic carbocycles. The second-order valence-electron chi connectivity index (χ2n) is 6.09. The van der Waals surface area contributed by atoms with E-state index in [1.165, 1.54) is 4.31 Å². The fourth-order valence-electron chi connectivity index (χ4n) is 3.14. The molecular weight excluding hydrogens is 356 g/mol. The minimum atomic E-state index is -3.29. The smallest absolute Gasteiger partial charge is 0.255 e. The molecule has 0 radical (unpaired) electrons. The molecule has 7 nitrogen and oxygen atoms in total. The SMILES string of the molecule is CCS(=O)(=O)N1CCc2cc(C(=O)Nc3ccc4c(c3)OCO4)ccc21. The molecule has 136 valence electrons. The maximum Gasteiger partial charge on any atom is 0.255 e. The number of nitrogens with zero attached hydrogens (tertiary/aromatic N) is 1. The molecule has 1 N–H and O–H groups in total. The van der Waals surface area contributed by atoms with Gasteiger partial charge in [0.05, 0.1) is 11.4 Å². The van der Waals surface area contributed by atoms with Gasteiger partial charge in [0.2, 0.25) is 16.8 Å². The number of fused-ring (bicyclic) bond motifs is 2. The van der Waals surface area contributed by atoms with Crippen LogP contribution in [0.15, 0.2) is 36.4 Å². The van der Waals surface area contributed by atoms with E-state index in [-0.39, 0.29) is 18.5 Å². The van der Waals surface area contributed by atoms with E-state index in [0.29, 0.717) is 41.4 Å². The fraction of sp³-hybridized carbons (Fsp3) is 0.278. The molecule has 0 saturated carbocycles. The van der Waals surface area contributed by atoms with E-state index in [1.54, 1.807) is 43.3 Å². The van der Waals surface area contributed by atoms with E-state index in [4.69, 9.17) is 9.47 Å². The minimum Gasteiger partial charge on any atom is -0.454 e. The van der Waals surface area contributed by atoms with E-state index in [2.05, 4.69) is 5.32 Å². The maximum absolute atomic E-state index is 12.5. The fourth-order valence-corrected chi connectivity index (χ4v) is 4.29. The summed E-state index contributed by atoms with van der Waals surface area (Å²) in [5, 5.41) is 2.83. The van der Waals surface area contributed by atoms with Crippen molar-refractivity contribution >= 4 is 27.3 Å². The van der Waals surface area contributed by atoms with Gasteiger partial charge in [-0.15, -0.1) is 0 Å². The Kier molecular flexibility index (Phi) is 3.99. The topological polar surface area (TPSA) is 84.9 Å². The van der Waals surface area contributed by atoms with Crippen LogP contribution in [0.25, 0.3) is 0 Å². The van der Waals surface area contributed by atoms with Crippen LogP contribution >= 0.6 is 0 Å². The summed E-state index contributed by atoms with van der Waals surface area (Å²) < 4.78 is 36.3. The van der Waals surface area contributed by atoms with Gasteiger partial charge < -0.3 is 14.8 Å². The molecule has 0 saturated heterocycles. The molecule has 1 amide bonds. The number of nitrogens with one attached hydrogen (secondary N) is 1. The Labute approximate surface area is 151 Å². The minimum absolute atomic E-state index is 0.0544. The van der Waals surface area contributed by atoms with E-state index >= 15 is 0 Å². The lowest BCUT2D eigenvalue weighted by Crippen LogP contribution is -2.30. The molecule has 0 aromatic heterocycles. The average molecular weight is 374 g/mol. The van der Waals surface area contributed by atoms with Crippen molar-refractivity contribution in [2.75, 3.05) is 28.7 Å². The highest BCUT2D eigenvalue weighted by atomic mass is 32.2. The van der Waals surface area contributed by atoms with Gasteiger partial charge in [-0.3, -0.25) is 9.10 Å². The van der Waals surface area contributed by atoms with E-state index < -0.39 is 10.0 Å². The summed E-state index contributed by atoms with van der Waals surface area (Å²) in [6.45, 7) is 2.22. The second kappa shape index (κ2) is 6.21. The van der Waals surface area contributed by atoms with Crippen LogP contribution in [-0.2, 0) is 16.4 Å². The summed E-state index contributed by atoms with van der Waals surface area (Å²) in [4.78, 5) is 12.5. The molecule has 0 spiro atoms. The van der Waals surface area contributed by atoms with Crippen LogP contribution in [-0.4, -0.2) is 33.4 Å². The molecule has 0 aliphatic carbocycles. The first kappa shape index (κ1) is 16.7. The lowest BCUT2D eigenvalue weighted by molar-refractivity contribution is 0.102. The molecule has 0 atom stereocenters. The largest absolute Gasteiger partial charge is 0.454 e. The Balaban J connectivity index is 1.55. The van der Waals surface area contributed by atoms with Gasteiger partial charge in [0.1, 0.15) is 0 Å². The van der Waals surface area contributed by atoms with Gasteiger partial charge in [-0.2, -0.15) is 0 Å². The number of carbonyl (C=O) groups is 1. The number of sulfonamides is 1. The zero-order chi connectivity index (χ0) is 18.3. The monoisotopic (exact) mass is 374 g/mol. The van der Waals surface area contributed by atoms with Crippen molar-refractivity contribution in [3.63, 3.8) is 0 Å². The standard InChI is InChI=1S/C18H18N2O5S/c1-2-26(22,23)20-8-7-12-9-13(3-5-15(12)20)18(21)19-14-4-6-16-17(10-14)25-11-24-16/h3-6,9-10H,2,7-8,11H2,1H3,(H,19,21). The number of ether oxygens (including phenoxy) is 2. The van der Waals surface area contributed by atoms with Crippen LogP contribution < -0.4 is 19.1 Å². The van der Waals surface area contributed by atoms with Gasteiger partial charge in [0, 0.05) is 23.9 Å². The molecule has 26 heavy (non-hydrogen) atoms. The number of rotatable bonds is 4. The molecule has 0 bridgehead atoms. The van der Waals surface area contributed by atoms with E-state index in [0.717, 1.165) is 5.56 Å². The first-order valence-corrected chi connectivity index (χ1v) is 9.93. The number of carbonyl (C=O) groups excluding carboxylic acids is 1. The highest BCUT2D eigenvalue weighted by Gasteiger charge is 2.28. The van der Waals surface area contributed by atoms with Gasteiger partial charge >= 0.3 is 0 Å². The lowest BCUT2D eigenvalue weighted by atomic mass is 10.1. The normalized spacial score (nSPS) is 15.0. The Hall–Kier alpha value is -2.74. The number of anilines is 2. The molecule has 4 rings (SSSR count). The molecule has 0 unspecified atom stereocenters. The van der Waals surface area contributed by atoms with Crippen LogP contribution in [0, 0.1) is 0 Å². The highest BCUT2D eigenvalue weighted by molar-refractivity contribution is 7.92. The summed E-state index contributed by atoms with van der Waals surface area (Å²) in [6, 6.07) is 10.3. The zero-order valence-corrected chi connectivity index (χ0v) is 15.0. The lowest BCUT2D eigenvalue weighted by Gasteiger charge is -2.18. The quantitative estimate of drug-likeness (QED) is 0.888. The molecule has 0 fully saturated rings. The first-order valence-electron chi connectivity index (χ1n) is 8.32. The van der Waals surface area contributed by atoms with Crippen LogP contribution in [0.1, 0.15) is 22.8 Å². The van der Waals surface area contributed by atoms with Crippen molar-refractivity contribution in [2.24, 2.45) is 0 Å². The van der Waals surface area contributed by atoms with Crippen molar-refractivity contribution in [1.82, 2.24) is 0 Å². The number of amides is 1. The summed E-state index contributed by atoms with van der Waals surface area (Å²) in [6.07, 6.45) is 0.597. The molecule has 8 heteroatoms. The Morgan fingerprint density at radius 3 is 2.77 bits per heavy atom. The van der Waals surface area contributed by atoms with Gasteiger partial charge in [0.25, 0.3) is 5.91 Å². The second-order valence-corrected chi connectivity index (χ2v) is 8.27. The molecular formula is C18H18N2O5S. The average Bonchev–Trinajstić information content (AvgIpc) is 3.27. The Morgan fingerprint density at radius 2 is 1.96 bits per heavy atom. The van der Waals surface area contributed by atoms with Crippen LogP contribution in [0.4, 0.5) is 11.4 Å². The third-order valence-electron chi connectivity index (χ3n) is 4.53. The maximum atomic E-state index is 12.5. The summed E-state index contributed by atoms with van der Waals surface area (Å²) in [5.41, 5.74) is 2.61. The number of benzene rings is 2. The number of hydrogen-bond acceptors (Lipinski definition) is 5. The molecule has 2 aliphatic rings. The number of hydrogen-bond donors (Lipinski definition) is 1. The van der Waals surface area contributed by atoms with Gasteiger partial charge in [0.15, 0.2) is 11.5 Å². The summed E-state index contributed by atoms with van der Waals surface area (Å²) >= 11 is 0. The molecule has 2 heterocycles. The zero-order valence-electron chi connectivity index (χ0n) is 14.2. The predicted octanol–water partition coefficient (Wildman–Crippen LogP) is 2.38. The summed E-state index contributed by atoms with van der Waals surface area (Å²) in [7, 11) is -3.29. The van der Waals surface area contributed by atoms with Crippen LogP contribution in [0.3, 0.4) is 0 Å². The van der Waals surface area contributed by atoms with E-state index in [9.17, 15) is 13.2 Å². The third-order valence-corrected chi connectivity index (χ3v) is 6.31. The Bertz CT molecular complexity index is 987. The van der Waals surface area contributed by atoms with E-state index in [1.807, 2.05) is 0 Å². The third kappa shape index (κ3) is 2.86. The van der Waals surface area contributed by atoms with Gasteiger partial charge in [-0.05, 0) is 49.2 Å². The molecule has 2 aliphatic heterocycles. The first-order chi connectivity index (χ1) is 12.5. The van der Waals surface area contributed by atoms with Crippen molar-refractivity contribution < 1.29 is 22.7 Å². The molecule has 2 aromatic rings. The van der Waals surface area contributed by atoms with Gasteiger partial charge in [-0.1, -0.05) is 0 Å². The van der Waals surface area contributed by atoms with Crippen LogP contribution in [0.5, 0.6) is 11.5 Å². The Morgan fingerprint density at radius 1 is 1.15 bits per heavy atom.